The second-order valence-corrected chi connectivity index (χ2v) is 21.3. The fourth-order valence-corrected chi connectivity index (χ4v) is 12.5. The summed E-state index contributed by atoms with van der Waals surface area (Å²) in [5.41, 5.74) is -1.32. The number of halogens is 12. The van der Waals surface area contributed by atoms with Crippen molar-refractivity contribution in [3.63, 3.8) is 0 Å². The molecule has 0 radical (unpaired) electrons. The number of aryl methyl sites for hydroxylation is 2. The van der Waals surface area contributed by atoms with Crippen LogP contribution in [0, 0.1) is 23.3 Å². The Hall–Kier alpha value is -7.64. The SMILES string of the molecule is CC(F)(c1ccc2c(c1)CC[C@H]1N(C(=O)c3ccc(C(=O)O)c(F)c3)CC[C@@]21Cc1ccc(F)cc1)C(F)(F)F.CC(F)(c1ccc2c(c1)CC[C@H]1N(C(=O)c3ccc(C(N)=O)c(F)c3)CC[C@@]21Cc1ccc(F)cc1)C(F)(F)F. The summed E-state index contributed by atoms with van der Waals surface area (Å²) < 4.78 is 167. The van der Waals surface area contributed by atoms with E-state index < -0.39 is 110 Å². The van der Waals surface area contributed by atoms with Crippen molar-refractivity contribution in [2.75, 3.05) is 13.1 Å². The number of primary amides is 1. The van der Waals surface area contributed by atoms with Crippen molar-refractivity contribution in [2.24, 2.45) is 5.73 Å². The lowest BCUT2D eigenvalue weighted by Crippen LogP contribution is -2.49. The maximum Gasteiger partial charge on any atom is 0.426 e. The molecule has 2 unspecified atom stereocenters. The zero-order chi connectivity index (χ0) is 58.1. The first-order valence-corrected chi connectivity index (χ1v) is 25.5. The molecular weight excluding hydrogens is 1070 g/mol. The zero-order valence-electron chi connectivity index (χ0n) is 42.9. The smallest absolute Gasteiger partial charge is 0.426 e. The molecule has 2 aliphatic carbocycles. The Kier molecular flexibility index (Phi) is 14.8. The number of nitrogens with two attached hydrogens (primary N) is 1. The third kappa shape index (κ3) is 10.2. The van der Waals surface area contributed by atoms with Crippen LogP contribution in [0.4, 0.5) is 52.7 Å². The van der Waals surface area contributed by atoms with Crippen LogP contribution < -0.4 is 5.73 Å². The van der Waals surface area contributed by atoms with Crippen LogP contribution in [0.15, 0.2) is 121 Å². The van der Waals surface area contributed by atoms with Crippen molar-refractivity contribution in [1.29, 1.82) is 0 Å². The van der Waals surface area contributed by atoms with Gasteiger partial charge in [0.25, 0.3) is 17.7 Å². The minimum Gasteiger partial charge on any atom is -0.478 e. The van der Waals surface area contributed by atoms with Gasteiger partial charge in [0.15, 0.2) is 0 Å². The Morgan fingerprint density at radius 1 is 0.537 bits per heavy atom. The quantitative estimate of drug-likeness (QED) is 0.132. The molecule has 3 amide bonds. The number of carboxylic acids is 1. The van der Waals surface area contributed by atoms with Crippen LogP contribution in [0.1, 0.15) is 125 Å². The van der Waals surface area contributed by atoms with E-state index in [4.69, 9.17) is 10.8 Å². The number of nitrogens with zero attached hydrogens (tertiary/aromatic N) is 2. The van der Waals surface area contributed by atoms with Crippen molar-refractivity contribution < 1.29 is 77.0 Å². The molecule has 2 fully saturated rings. The minimum absolute atomic E-state index is 0.0274. The molecule has 6 aromatic carbocycles. The van der Waals surface area contributed by atoms with Crippen molar-refractivity contribution in [3.8, 4) is 0 Å². The zero-order valence-corrected chi connectivity index (χ0v) is 42.9. The largest absolute Gasteiger partial charge is 0.478 e. The number of rotatable bonds is 10. The van der Waals surface area contributed by atoms with Gasteiger partial charge in [-0.15, -0.1) is 0 Å². The lowest BCUT2D eigenvalue weighted by molar-refractivity contribution is -0.229. The number of carbonyl (C=O) groups excluding carboxylic acids is 3. The molecule has 0 spiro atoms. The summed E-state index contributed by atoms with van der Waals surface area (Å²) >= 11 is 0. The Bertz CT molecular complexity index is 3190. The summed E-state index contributed by atoms with van der Waals surface area (Å²) in [6, 6.07) is 25.2. The van der Waals surface area contributed by atoms with Gasteiger partial charge in [0.1, 0.15) is 23.3 Å². The Balaban J connectivity index is 0.000000194. The first-order chi connectivity index (χ1) is 37.5. The van der Waals surface area contributed by atoms with Gasteiger partial charge in [0, 0.05) is 47.1 Å². The molecule has 8 nitrogen and oxygen atoms in total. The van der Waals surface area contributed by atoms with Gasteiger partial charge >= 0.3 is 18.3 Å². The van der Waals surface area contributed by atoms with E-state index in [1.54, 1.807) is 34.1 Å². The van der Waals surface area contributed by atoms with E-state index in [0.717, 1.165) is 47.5 Å². The number of amides is 3. The van der Waals surface area contributed by atoms with Crippen LogP contribution in [0.2, 0.25) is 0 Å². The van der Waals surface area contributed by atoms with Gasteiger partial charge in [0.2, 0.25) is 11.3 Å². The summed E-state index contributed by atoms with van der Waals surface area (Å²) in [5, 5.41) is 9.11. The van der Waals surface area contributed by atoms with Crippen molar-refractivity contribution in [3.05, 3.63) is 211 Å². The first-order valence-electron chi connectivity index (χ1n) is 25.5. The number of alkyl halides is 8. The van der Waals surface area contributed by atoms with E-state index in [1.165, 1.54) is 60.7 Å². The molecular formula is C60H51F12N3O5. The molecule has 2 aliphatic heterocycles. The number of likely N-dealkylation sites (tertiary alicyclic amines) is 2. The number of hydrogen-bond acceptors (Lipinski definition) is 4. The molecule has 420 valence electrons. The van der Waals surface area contributed by atoms with Crippen LogP contribution in [0.25, 0.3) is 0 Å². The third-order valence-corrected chi connectivity index (χ3v) is 16.7. The van der Waals surface area contributed by atoms with E-state index in [9.17, 15) is 71.9 Å². The van der Waals surface area contributed by atoms with Gasteiger partial charge in [-0.3, -0.25) is 14.4 Å². The van der Waals surface area contributed by atoms with Crippen LogP contribution in [0.5, 0.6) is 0 Å². The predicted octanol–water partition coefficient (Wildman–Crippen LogP) is 12.9. The highest BCUT2D eigenvalue weighted by Crippen LogP contribution is 2.53. The van der Waals surface area contributed by atoms with Crippen LogP contribution in [0.3, 0.4) is 0 Å². The third-order valence-electron chi connectivity index (χ3n) is 16.7. The molecule has 0 aromatic heterocycles. The second kappa shape index (κ2) is 20.8. The lowest BCUT2D eigenvalue weighted by Gasteiger charge is -2.44. The Morgan fingerprint density at radius 3 is 1.25 bits per heavy atom. The van der Waals surface area contributed by atoms with Gasteiger partial charge in [0.05, 0.1) is 11.1 Å². The van der Waals surface area contributed by atoms with Crippen LogP contribution >= 0.6 is 0 Å². The average Bonchev–Trinajstić information content (AvgIpc) is 4.00. The normalized spacial score (nSPS) is 21.9. The predicted molar refractivity (Wildman–Crippen MR) is 269 cm³/mol. The van der Waals surface area contributed by atoms with Crippen molar-refractivity contribution in [1.82, 2.24) is 9.80 Å². The molecule has 0 saturated carbocycles. The van der Waals surface area contributed by atoms with Crippen LogP contribution in [-0.4, -0.2) is 76.1 Å². The van der Waals surface area contributed by atoms with E-state index in [2.05, 4.69) is 0 Å². The molecule has 20 heteroatoms. The van der Waals surface area contributed by atoms with E-state index >= 15 is 0 Å². The number of carbonyl (C=O) groups is 4. The number of carboxylic acid groups (broad SMARTS) is 1. The number of benzene rings is 6. The molecule has 4 aliphatic rings. The number of fused-ring (bicyclic) bond motifs is 6. The van der Waals surface area contributed by atoms with Gasteiger partial charge in [-0.2, -0.15) is 26.3 Å². The highest BCUT2D eigenvalue weighted by atomic mass is 19.4. The fourth-order valence-electron chi connectivity index (χ4n) is 12.5. The van der Waals surface area contributed by atoms with E-state index in [1.807, 2.05) is 0 Å². The lowest BCUT2D eigenvalue weighted by atomic mass is 9.63. The van der Waals surface area contributed by atoms with Gasteiger partial charge < -0.3 is 20.6 Å². The first kappa shape index (κ1) is 57.1. The standard InChI is InChI=1S/C30H26F6N2O2.C30H25F6NO3/c1-28(33,30(34,35)36)20-6-10-23-18(14-20)5-11-25-29(23,16-17-2-7-21(31)8-3-17)12-13-38(25)27(40)19-4-9-22(26(37)39)24(32)15-19;1-28(33,30(34,35)36)20-6-10-23-18(14-20)5-11-25-29(23,16-17-2-7-21(31)8-3-17)12-13-37(25)26(38)19-4-9-22(27(39)40)24(32)15-19/h2-4,6-10,14-15,25H,5,11-13,16H2,1H3,(H2,37,39);2-4,6-10,14-15,25H,5,11-13,16H2,1H3,(H,39,40)/t2*25-,28?,29-/m11/s1. The van der Waals surface area contributed by atoms with Gasteiger partial charge in [-0.05, 0) is 170 Å². The highest BCUT2D eigenvalue weighted by molar-refractivity contribution is 5.98. The molecule has 3 N–H and O–H groups in total. The summed E-state index contributed by atoms with van der Waals surface area (Å²) in [6.45, 7) is 1.50. The molecule has 10 rings (SSSR count). The monoisotopic (exact) mass is 1120 g/mol. The second-order valence-electron chi connectivity index (χ2n) is 21.3. The average molecular weight is 1120 g/mol. The fraction of sp³-hybridized carbons (Fsp3) is 0.333. The van der Waals surface area contributed by atoms with Gasteiger partial charge in [-0.25, -0.2) is 31.1 Å². The van der Waals surface area contributed by atoms with Gasteiger partial charge in [-0.1, -0.05) is 60.7 Å². The maximum absolute atomic E-state index is 14.8. The van der Waals surface area contributed by atoms with E-state index in [0.29, 0.717) is 81.0 Å². The van der Waals surface area contributed by atoms with E-state index in [-0.39, 0.29) is 36.2 Å². The molecule has 2 heterocycles. The Morgan fingerprint density at radius 2 is 0.912 bits per heavy atom. The summed E-state index contributed by atoms with van der Waals surface area (Å²) in [6.07, 6.45) is -7.35. The molecule has 2 saturated heterocycles. The summed E-state index contributed by atoms with van der Waals surface area (Å²) in [5.74, 6) is -6.22. The van der Waals surface area contributed by atoms with Crippen LogP contribution in [-0.2, 0) is 47.9 Å². The summed E-state index contributed by atoms with van der Waals surface area (Å²) in [7, 11) is 0. The minimum atomic E-state index is -5.10. The number of aromatic carboxylic acids is 1. The maximum atomic E-state index is 14.8. The van der Waals surface area contributed by atoms with Crippen molar-refractivity contribution in [2.45, 2.75) is 112 Å². The number of hydrogen-bond donors (Lipinski definition) is 2. The highest BCUT2D eigenvalue weighted by Gasteiger charge is 2.58. The topological polar surface area (TPSA) is 121 Å². The molecule has 6 atom stereocenters. The molecule has 6 aromatic rings. The Labute approximate surface area is 451 Å². The summed E-state index contributed by atoms with van der Waals surface area (Å²) in [4.78, 5) is 53.0. The molecule has 0 bridgehead atoms. The molecule has 80 heavy (non-hydrogen) atoms. The van der Waals surface area contributed by atoms with Crippen molar-refractivity contribution >= 4 is 23.7 Å².